The van der Waals surface area contributed by atoms with E-state index in [-0.39, 0.29) is 23.8 Å². The molecule has 1 unspecified atom stereocenters. The van der Waals surface area contributed by atoms with E-state index in [4.69, 9.17) is 0 Å². The molecule has 3 amide bonds. The van der Waals surface area contributed by atoms with Crippen molar-refractivity contribution < 1.29 is 14.0 Å². The molecule has 1 atom stereocenters. The van der Waals surface area contributed by atoms with Gasteiger partial charge in [0.1, 0.15) is 11.4 Å². The van der Waals surface area contributed by atoms with Gasteiger partial charge in [-0.1, -0.05) is 12.8 Å². The number of aryl methyl sites for hydroxylation is 1. The van der Waals surface area contributed by atoms with Crippen LogP contribution in [0.4, 0.5) is 14.9 Å². The molecule has 5 nitrogen and oxygen atoms in total. The Labute approximate surface area is 147 Å². The molecule has 134 valence electrons. The average Bonchev–Trinajstić information content (AvgIpc) is 3.13. The normalized spacial score (nSPS) is 25.8. The van der Waals surface area contributed by atoms with Gasteiger partial charge in [-0.25, -0.2) is 9.18 Å². The fourth-order valence-corrected chi connectivity index (χ4v) is 4.65. The number of halogens is 1. The summed E-state index contributed by atoms with van der Waals surface area (Å²) in [5, 5.41) is 2.97. The van der Waals surface area contributed by atoms with Crippen LogP contribution in [0.15, 0.2) is 18.2 Å². The molecule has 2 heterocycles. The molecule has 2 aliphatic heterocycles. The molecule has 0 bridgehead atoms. The van der Waals surface area contributed by atoms with Crippen molar-refractivity contribution in [2.75, 3.05) is 18.0 Å². The number of hydrogen-bond donors (Lipinski definition) is 1. The highest BCUT2D eigenvalue weighted by Gasteiger charge is 2.54. The highest BCUT2D eigenvalue weighted by atomic mass is 19.1. The fourth-order valence-electron chi connectivity index (χ4n) is 4.65. The lowest BCUT2D eigenvalue weighted by Crippen LogP contribution is -2.52. The van der Waals surface area contributed by atoms with Crippen LogP contribution in [0.25, 0.3) is 0 Å². The standard InChI is InChI=1S/C19H24FN3O2/c1-13-11-14(20)6-7-16(13)22-10-4-5-15(12-22)23-17(24)19(21-18(23)25)8-2-3-9-19/h6-7,11,15H,2-5,8-10,12H2,1H3,(H,21,25). The maximum atomic E-state index is 13.4. The number of urea groups is 1. The molecule has 1 aromatic carbocycles. The van der Waals surface area contributed by atoms with Crippen molar-refractivity contribution in [1.82, 2.24) is 10.2 Å². The van der Waals surface area contributed by atoms with Crippen molar-refractivity contribution in [2.24, 2.45) is 0 Å². The average molecular weight is 345 g/mol. The minimum absolute atomic E-state index is 0.0438. The van der Waals surface area contributed by atoms with Gasteiger partial charge in [-0.15, -0.1) is 0 Å². The lowest BCUT2D eigenvalue weighted by molar-refractivity contribution is -0.132. The summed E-state index contributed by atoms with van der Waals surface area (Å²) in [6, 6.07) is 4.42. The molecular formula is C19H24FN3O2. The molecule has 0 aromatic heterocycles. The summed E-state index contributed by atoms with van der Waals surface area (Å²) in [5.41, 5.74) is 1.21. The summed E-state index contributed by atoms with van der Waals surface area (Å²) in [4.78, 5) is 29.1. The third-order valence-corrected chi connectivity index (χ3v) is 5.91. The van der Waals surface area contributed by atoms with Gasteiger partial charge in [-0.05, 0) is 56.4 Å². The van der Waals surface area contributed by atoms with E-state index in [9.17, 15) is 14.0 Å². The Balaban J connectivity index is 1.55. The van der Waals surface area contributed by atoms with Gasteiger partial charge in [0, 0.05) is 18.8 Å². The zero-order valence-corrected chi connectivity index (χ0v) is 14.6. The fraction of sp³-hybridized carbons (Fsp3) is 0.579. The maximum absolute atomic E-state index is 13.4. The van der Waals surface area contributed by atoms with Crippen LogP contribution in [0.5, 0.6) is 0 Å². The molecular weight excluding hydrogens is 321 g/mol. The van der Waals surface area contributed by atoms with Gasteiger partial charge in [0.2, 0.25) is 0 Å². The molecule has 25 heavy (non-hydrogen) atoms. The highest BCUT2D eigenvalue weighted by Crippen LogP contribution is 2.37. The van der Waals surface area contributed by atoms with E-state index in [0.717, 1.165) is 56.3 Å². The Morgan fingerprint density at radius 1 is 1.20 bits per heavy atom. The topological polar surface area (TPSA) is 52.6 Å². The molecule has 3 aliphatic rings. The van der Waals surface area contributed by atoms with Crippen LogP contribution in [-0.2, 0) is 4.79 Å². The number of nitrogens with one attached hydrogen (secondary N) is 1. The first kappa shape index (κ1) is 16.4. The third kappa shape index (κ3) is 2.68. The Hall–Kier alpha value is -2.11. The summed E-state index contributed by atoms with van der Waals surface area (Å²) in [6.07, 6.45) is 5.22. The zero-order chi connectivity index (χ0) is 17.6. The van der Waals surface area contributed by atoms with Crippen LogP contribution in [0, 0.1) is 12.7 Å². The first-order valence-corrected chi connectivity index (χ1v) is 9.17. The molecule has 6 heteroatoms. The van der Waals surface area contributed by atoms with Gasteiger partial charge in [-0.3, -0.25) is 9.69 Å². The summed E-state index contributed by atoms with van der Waals surface area (Å²) in [5.74, 6) is -0.287. The van der Waals surface area contributed by atoms with Crippen LogP contribution in [-0.4, -0.2) is 41.5 Å². The minimum Gasteiger partial charge on any atom is -0.369 e. The number of carbonyl (C=O) groups is 2. The lowest BCUT2D eigenvalue weighted by Gasteiger charge is -2.38. The van der Waals surface area contributed by atoms with Crippen molar-refractivity contribution >= 4 is 17.6 Å². The van der Waals surface area contributed by atoms with E-state index in [1.807, 2.05) is 6.92 Å². The molecule has 1 N–H and O–H groups in total. The summed E-state index contributed by atoms with van der Waals surface area (Å²) < 4.78 is 13.4. The van der Waals surface area contributed by atoms with E-state index in [0.29, 0.717) is 6.54 Å². The Bertz CT molecular complexity index is 715. The highest BCUT2D eigenvalue weighted by molar-refractivity contribution is 6.07. The Kier molecular flexibility index (Phi) is 3.93. The van der Waals surface area contributed by atoms with Crippen molar-refractivity contribution in [3.05, 3.63) is 29.6 Å². The van der Waals surface area contributed by atoms with Crippen LogP contribution < -0.4 is 10.2 Å². The predicted octanol–water partition coefficient (Wildman–Crippen LogP) is 2.97. The Morgan fingerprint density at radius 3 is 2.68 bits per heavy atom. The second-order valence-electron chi connectivity index (χ2n) is 7.57. The molecule has 1 aliphatic carbocycles. The first-order chi connectivity index (χ1) is 12.0. The number of piperidine rings is 1. The van der Waals surface area contributed by atoms with Gasteiger partial charge in [0.05, 0.1) is 6.04 Å². The molecule has 2 saturated heterocycles. The third-order valence-electron chi connectivity index (χ3n) is 5.91. The molecule has 0 radical (unpaired) electrons. The van der Waals surface area contributed by atoms with Crippen molar-refractivity contribution in [3.8, 4) is 0 Å². The van der Waals surface area contributed by atoms with Crippen LogP contribution in [0.2, 0.25) is 0 Å². The van der Waals surface area contributed by atoms with Gasteiger partial charge in [0.25, 0.3) is 5.91 Å². The van der Waals surface area contributed by atoms with E-state index >= 15 is 0 Å². The quantitative estimate of drug-likeness (QED) is 0.839. The van der Waals surface area contributed by atoms with Gasteiger partial charge in [-0.2, -0.15) is 0 Å². The second kappa shape index (κ2) is 6.00. The lowest BCUT2D eigenvalue weighted by atomic mass is 9.96. The van der Waals surface area contributed by atoms with Crippen molar-refractivity contribution in [3.63, 3.8) is 0 Å². The van der Waals surface area contributed by atoms with Crippen molar-refractivity contribution in [2.45, 2.75) is 57.0 Å². The number of anilines is 1. The number of carbonyl (C=O) groups excluding carboxylic acids is 2. The molecule has 1 aromatic rings. The van der Waals surface area contributed by atoms with Crippen LogP contribution >= 0.6 is 0 Å². The van der Waals surface area contributed by atoms with Gasteiger partial charge in [0.15, 0.2) is 0 Å². The number of hydrogen-bond acceptors (Lipinski definition) is 3. The molecule has 4 rings (SSSR count). The largest absolute Gasteiger partial charge is 0.369 e. The van der Waals surface area contributed by atoms with Gasteiger partial charge < -0.3 is 10.2 Å². The Morgan fingerprint density at radius 2 is 1.96 bits per heavy atom. The summed E-state index contributed by atoms with van der Waals surface area (Å²) >= 11 is 0. The number of nitrogens with zero attached hydrogens (tertiary/aromatic N) is 2. The second-order valence-corrected chi connectivity index (χ2v) is 7.57. The van der Waals surface area contributed by atoms with E-state index in [1.165, 1.54) is 17.0 Å². The first-order valence-electron chi connectivity index (χ1n) is 9.17. The van der Waals surface area contributed by atoms with Crippen molar-refractivity contribution in [1.29, 1.82) is 0 Å². The van der Waals surface area contributed by atoms with E-state index in [1.54, 1.807) is 6.07 Å². The SMILES string of the molecule is Cc1cc(F)ccc1N1CCCC(N2C(=O)NC3(CCCC3)C2=O)C1. The molecule has 1 spiro atoms. The number of amides is 3. The smallest absolute Gasteiger partial charge is 0.325 e. The van der Waals surface area contributed by atoms with Crippen LogP contribution in [0.3, 0.4) is 0 Å². The summed E-state index contributed by atoms with van der Waals surface area (Å²) in [6.45, 7) is 3.36. The molecule has 1 saturated carbocycles. The monoisotopic (exact) mass is 345 g/mol. The van der Waals surface area contributed by atoms with Gasteiger partial charge >= 0.3 is 6.03 Å². The number of imide groups is 1. The van der Waals surface area contributed by atoms with E-state index < -0.39 is 5.54 Å². The predicted molar refractivity (Wildman–Crippen MR) is 92.9 cm³/mol. The van der Waals surface area contributed by atoms with Crippen LogP contribution in [0.1, 0.15) is 44.1 Å². The minimum atomic E-state index is -0.648. The number of benzene rings is 1. The number of rotatable bonds is 2. The van der Waals surface area contributed by atoms with E-state index in [2.05, 4.69) is 10.2 Å². The zero-order valence-electron chi connectivity index (χ0n) is 14.6. The molecule has 3 fully saturated rings. The maximum Gasteiger partial charge on any atom is 0.325 e. The summed E-state index contributed by atoms with van der Waals surface area (Å²) in [7, 11) is 0.